The molecule has 0 bridgehead atoms. The number of carbonyl (C=O) groups is 2. The minimum absolute atomic E-state index is 0.106. The molecule has 0 aliphatic heterocycles. The summed E-state index contributed by atoms with van der Waals surface area (Å²) in [5.74, 6) is 0.986. The van der Waals surface area contributed by atoms with Gasteiger partial charge in [0.2, 0.25) is 5.91 Å². The Morgan fingerprint density at radius 2 is 1.63 bits per heavy atom. The van der Waals surface area contributed by atoms with Crippen LogP contribution in [0.3, 0.4) is 0 Å². The van der Waals surface area contributed by atoms with Crippen LogP contribution in [0.2, 0.25) is 0 Å². The van der Waals surface area contributed by atoms with Gasteiger partial charge < -0.3 is 5.32 Å². The number of ketones is 1. The molecule has 1 amide bonds. The average molecular weight is 259 g/mol. The molecular formula is C16H21NO2. The summed E-state index contributed by atoms with van der Waals surface area (Å²) in [4.78, 5) is 22.8. The highest BCUT2D eigenvalue weighted by Crippen LogP contribution is 2.35. The zero-order valence-corrected chi connectivity index (χ0v) is 11.6. The van der Waals surface area contributed by atoms with Gasteiger partial charge in [-0.05, 0) is 44.1 Å². The molecule has 1 aromatic carbocycles. The Kier molecular flexibility index (Phi) is 4.35. The molecule has 1 fully saturated rings. The maximum absolute atomic E-state index is 11.6. The molecule has 3 nitrogen and oxygen atoms in total. The molecular weight excluding hydrogens is 238 g/mol. The summed E-state index contributed by atoms with van der Waals surface area (Å²) in [5.41, 5.74) is 2.06. The molecule has 19 heavy (non-hydrogen) atoms. The summed E-state index contributed by atoms with van der Waals surface area (Å²) < 4.78 is 0. The van der Waals surface area contributed by atoms with E-state index >= 15 is 0 Å². The van der Waals surface area contributed by atoms with Gasteiger partial charge in [-0.3, -0.25) is 9.59 Å². The van der Waals surface area contributed by atoms with Crippen LogP contribution in [0.1, 0.15) is 54.4 Å². The average Bonchev–Trinajstić information content (AvgIpc) is 2.46. The third-order valence-electron chi connectivity index (χ3n) is 4.13. The van der Waals surface area contributed by atoms with Gasteiger partial charge in [0, 0.05) is 18.5 Å². The lowest BCUT2D eigenvalue weighted by atomic mass is 9.78. The molecule has 1 N–H and O–H groups in total. The third-order valence-corrected chi connectivity index (χ3v) is 4.13. The number of benzene rings is 1. The smallest absolute Gasteiger partial charge is 0.222 e. The van der Waals surface area contributed by atoms with Gasteiger partial charge >= 0.3 is 0 Å². The lowest BCUT2D eigenvalue weighted by Gasteiger charge is -2.27. The van der Waals surface area contributed by atoms with Crippen LogP contribution in [-0.4, -0.2) is 18.7 Å². The van der Waals surface area contributed by atoms with Crippen molar-refractivity contribution in [1.82, 2.24) is 5.32 Å². The Morgan fingerprint density at radius 1 is 1.05 bits per heavy atom. The second kappa shape index (κ2) is 6.00. The van der Waals surface area contributed by atoms with Crippen molar-refractivity contribution in [3.63, 3.8) is 0 Å². The van der Waals surface area contributed by atoms with Crippen LogP contribution in [0.15, 0.2) is 24.3 Å². The lowest BCUT2D eigenvalue weighted by Crippen LogP contribution is -2.30. The Balaban J connectivity index is 1.97. The fourth-order valence-electron chi connectivity index (χ4n) is 2.88. The van der Waals surface area contributed by atoms with Crippen molar-refractivity contribution in [2.45, 2.75) is 38.5 Å². The first-order chi connectivity index (χ1) is 9.11. The summed E-state index contributed by atoms with van der Waals surface area (Å²) in [6, 6.07) is 7.92. The van der Waals surface area contributed by atoms with Crippen molar-refractivity contribution in [3.8, 4) is 0 Å². The summed E-state index contributed by atoms with van der Waals surface area (Å²) in [6.45, 7) is 1.59. The summed E-state index contributed by atoms with van der Waals surface area (Å²) in [5, 5.41) is 2.73. The van der Waals surface area contributed by atoms with Gasteiger partial charge in [-0.15, -0.1) is 0 Å². The first-order valence-electron chi connectivity index (χ1n) is 6.94. The zero-order chi connectivity index (χ0) is 13.8. The number of amides is 1. The highest BCUT2D eigenvalue weighted by Gasteiger charge is 2.26. The van der Waals surface area contributed by atoms with Crippen LogP contribution in [0.25, 0.3) is 0 Å². The molecule has 0 unspecified atom stereocenters. The molecule has 1 saturated carbocycles. The van der Waals surface area contributed by atoms with Crippen LogP contribution >= 0.6 is 0 Å². The SMILES string of the molecule is CNC(=O)C1CCC(c2ccc(C(C)=O)cc2)CC1. The van der Waals surface area contributed by atoms with E-state index in [4.69, 9.17) is 0 Å². The van der Waals surface area contributed by atoms with E-state index in [2.05, 4.69) is 17.4 Å². The van der Waals surface area contributed by atoms with Crippen molar-refractivity contribution >= 4 is 11.7 Å². The second-order valence-corrected chi connectivity index (χ2v) is 5.34. The molecule has 0 aromatic heterocycles. The fourth-order valence-corrected chi connectivity index (χ4v) is 2.88. The molecule has 0 atom stereocenters. The molecule has 1 aliphatic rings. The maximum Gasteiger partial charge on any atom is 0.222 e. The Morgan fingerprint density at radius 3 is 2.11 bits per heavy atom. The van der Waals surface area contributed by atoms with E-state index in [1.165, 1.54) is 5.56 Å². The Bertz CT molecular complexity index is 456. The number of hydrogen-bond donors (Lipinski definition) is 1. The minimum Gasteiger partial charge on any atom is -0.359 e. The molecule has 0 radical (unpaired) electrons. The van der Waals surface area contributed by atoms with Crippen LogP contribution in [0.5, 0.6) is 0 Å². The third kappa shape index (κ3) is 3.22. The van der Waals surface area contributed by atoms with E-state index in [-0.39, 0.29) is 17.6 Å². The first-order valence-corrected chi connectivity index (χ1v) is 6.94. The molecule has 3 heteroatoms. The van der Waals surface area contributed by atoms with Crippen LogP contribution in [0, 0.1) is 5.92 Å². The molecule has 102 valence electrons. The topological polar surface area (TPSA) is 46.2 Å². The molecule has 2 rings (SSSR count). The van der Waals surface area contributed by atoms with Crippen molar-refractivity contribution in [2.75, 3.05) is 7.05 Å². The predicted octanol–water partition coefficient (Wildman–Crippen LogP) is 2.91. The number of hydrogen-bond acceptors (Lipinski definition) is 2. The molecule has 0 heterocycles. The molecule has 1 aromatic rings. The van der Waals surface area contributed by atoms with E-state index in [0.29, 0.717) is 5.92 Å². The van der Waals surface area contributed by atoms with Crippen LogP contribution in [0.4, 0.5) is 0 Å². The van der Waals surface area contributed by atoms with Crippen molar-refractivity contribution in [2.24, 2.45) is 5.92 Å². The lowest BCUT2D eigenvalue weighted by molar-refractivity contribution is -0.125. The normalized spacial score (nSPS) is 22.8. The zero-order valence-electron chi connectivity index (χ0n) is 11.6. The number of rotatable bonds is 3. The van der Waals surface area contributed by atoms with Crippen molar-refractivity contribution in [1.29, 1.82) is 0 Å². The summed E-state index contributed by atoms with van der Waals surface area (Å²) in [7, 11) is 1.70. The van der Waals surface area contributed by atoms with Gasteiger partial charge in [-0.25, -0.2) is 0 Å². The van der Waals surface area contributed by atoms with Gasteiger partial charge in [-0.1, -0.05) is 24.3 Å². The highest BCUT2D eigenvalue weighted by atomic mass is 16.1. The van der Waals surface area contributed by atoms with Crippen molar-refractivity contribution in [3.05, 3.63) is 35.4 Å². The highest BCUT2D eigenvalue weighted by molar-refractivity contribution is 5.94. The van der Waals surface area contributed by atoms with Crippen LogP contribution in [-0.2, 0) is 4.79 Å². The van der Waals surface area contributed by atoms with E-state index in [1.54, 1.807) is 14.0 Å². The number of Topliss-reactive ketones (excluding diaryl/α,β-unsaturated/α-hetero) is 1. The Hall–Kier alpha value is -1.64. The molecule has 1 aliphatic carbocycles. The first kappa shape index (κ1) is 13.8. The van der Waals surface area contributed by atoms with E-state index < -0.39 is 0 Å². The van der Waals surface area contributed by atoms with E-state index in [0.717, 1.165) is 31.2 Å². The quantitative estimate of drug-likeness (QED) is 0.848. The monoisotopic (exact) mass is 259 g/mol. The van der Waals surface area contributed by atoms with E-state index in [9.17, 15) is 9.59 Å². The molecule has 0 saturated heterocycles. The summed E-state index contributed by atoms with van der Waals surface area (Å²) in [6.07, 6.45) is 4.02. The number of nitrogens with one attached hydrogen (secondary N) is 1. The van der Waals surface area contributed by atoms with Gasteiger partial charge in [0.25, 0.3) is 0 Å². The Labute approximate surface area is 114 Å². The van der Waals surface area contributed by atoms with Gasteiger partial charge in [0.1, 0.15) is 0 Å². The second-order valence-electron chi connectivity index (χ2n) is 5.34. The predicted molar refractivity (Wildman–Crippen MR) is 75.2 cm³/mol. The number of carbonyl (C=O) groups excluding carboxylic acids is 2. The van der Waals surface area contributed by atoms with E-state index in [1.807, 2.05) is 12.1 Å². The van der Waals surface area contributed by atoms with Gasteiger partial charge in [-0.2, -0.15) is 0 Å². The summed E-state index contributed by atoms with van der Waals surface area (Å²) >= 11 is 0. The minimum atomic E-state index is 0.106. The van der Waals surface area contributed by atoms with Crippen molar-refractivity contribution < 1.29 is 9.59 Å². The van der Waals surface area contributed by atoms with Crippen LogP contribution < -0.4 is 5.32 Å². The van der Waals surface area contributed by atoms with Gasteiger partial charge in [0.15, 0.2) is 5.78 Å². The maximum atomic E-state index is 11.6. The molecule has 0 spiro atoms. The van der Waals surface area contributed by atoms with Gasteiger partial charge in [0.05, 0.1) is 0 Å². The standard InChI is InChI=1S/C16H21NO2/c1-11(18)12-3-5-13(6-4-12)14-7-9-15(10-8-14)16(19)17-2/h3-6,14-15H,7-10H2,1-2H3,(H,17,19). The largest absolute Gasteiger partial charge is 0.359 e. The fraction of sp³-hybridized carbons (Fsp3) is 0.500.